The first-order valence-electron chi connectivity index (χ1n) is 6.27. The lowest BCUT2D eigenvalue weighted by Crippen LogP contribution is -2.48. The fraction of sp³-hybridized carbons (Fsp3) is 0.333. The van der Waals surface area contributed by atoms with Crippen LogP contribution in [0.2, 0.25) is 5.02 Å². The number of carbonyl (C=O) groups excluding carboxylic acids is 1. The van der Waals surface area contributed by atoms with Gasteiger partial charge in [-0.05, 0) is 29.2 Å². The summed E-state index contributed by atoms with van der Waals surface area (Å²) in [6.07, 6.45) is 2.62. The fourth-order valence-corrected chi connectivity index (χ4v) is 1.82. The number of halogens is 2. The summed E-state index contributed by atoms with van der Waals surface area (Å²) in [5.74, 6) is -2.19. The predicted molar refractivity (Wildman–Crippen MR) is 79.5 cm³/mol. The molecule has 0 saturated carbocycles. The van der Waals surface area contributed by atoms with Crippen LogP contribution in [0.3, 0.4) is 0 Å². The van der Waals surface area contributed by atoms with Gasteiger partial charge >= 0.3 is 5.97 Å². The van der Waals surface area contributed by atoms with Crippen LogP contribution < -0.4 is 5.32 Å². The van der Waals surface area contributed by atoms with E-state index in [1.165, 1.54) is 30.4 Å². The quantitative estimate of drug-likeness (QED) is 0.839. The summed E-state index contributed by atoms with van der Waals surface area (Å²) in [7, 11) is 0. The van der Waals surface area contributed by atoms with Gasteiger partial charge in [-0.2, -0.15) is 0 Å². The Morgan fingerprint density at radius 1 is 1.38 bits per heavy atom. The Bertz CT molecular complexity index is 579. The number of benzene rings is 1. The summed E-state index contributed by atoms with van der Waals surface area (Å²) in [6, 6.07) is 3.02. The fourth-order valence-electron chi connectivity index (χ4n) is 1.63. The van der Waals surface area contributed by atoms with Gasteiger partial charge in [-0.25, -0.2) is 9.18 Å². The molecular weight excluding hydrogens is 297 g/mol. The Balaban J connectivity index is 2.78. The molecular formula is C15H17ClFNO3. The van der Waals surface area contributed by atoms with E-state index in [-0.39, 0.29) is 5.02 Å². The predicted octanol–water partition coefficient (Wildman–Crippen LogP) is 3.11. The monoisotopic (exact) mass is 313 g/mol. The van der Waals surface area contributed by atoms with Gasteiger partial charge in [0.1, 0.15) is 11.9 Å². The van der Waals surface area contributed by atoms with Crippen molar-refractivity contribution in [1.29, 1.82) is 0 Å². The molecule has 1 aromatic carbocycles. The van der Waals surface area contributed by atoms with Gasteiger partial charge in [-0.15, -0.1) is 0 Å². The SMILES string of the molecule is CC(C)(C)C(NC(=O)/C=C/c1ccc(F)c(Cl)c1)C(=O)O. The smallest absolute Gasteiger partial charge is 0.326 e. The van der Waals surface area contributed by atoms with Crippen molar-refractivity contribution in [3.63, 3.8) is 0 Å². The number of hydrogen-bond acceptors (Lipinski definition) is 2. The van der Waals surface area contributed by atoms with Gasteiger partial charge in [-0.1, -0.05) is 38.4 Å². The lowest BCUT2D eigenvalue weighted by molar-refractivity contribution is -0.144. The molecule has 0 saturated heterocycles. The van der Waals surface area contributed by atoms with Crippen molar-refractivity contribution in [2.45, 2.75) is 26.8 Å². The number of hydrogen-bond donors (Lipinski definition) is 2. The highest BCUT2D eigenvalue weighted by Crippen LogP contribution is 2.20. The largest absolute Gasteiger partial charge is 0.480 e. The maximum Gasteiger partial charge on any atom is 0.326 e. The molecule has 0 aliphatic heterocycles. The Kier molecular flexibility index (Phi) is 5.49. The highest BCUT2D eigenvalue weighted by atomic mass is 35.5. The topological polar surface area (TPSA) is 66.4 Å². The van der Waals surface area contributed by atoms with E-state index in [0.717, 1.165) is 0 Å². The van der Waals surface area contributed by atoms with E-state index < -0.39 is 29.2 Å². The van der Waals surface area contributed by atoms with Crippen molar-refractivity contribution in [3.05, 3.63) is 40.7 Å². The van der Waals surface area contributed by atoms with E-state index in [9.17, 15) is 14.0 Å². The number of aliphatic carboxylic acids is 1. The highest BCUT2D eigenvalue weighted by molar-refractivity contribution is 6.30. The van der Waals surface area contributed by atoms with Crippen LogP contribution in [0, 0.1) is 11.2 Å². The molecule has 0 heterocycles. The zero-order valence-corrected chi connectivity index (χ0v) is 12.7. The molecule has 0 fully saturated rings. The molecule has 21 heavy (non-hydrogen) atoms. The number of nitrogens with one attached hydrogen (secondary N) is 1. The maximum atomic E-state index is 13.0. The second-order valence-corrected chi connectivity index (χ2v) is 6.06. The lowest BCUT2D eigenvalue weighted by atomic mass is 9.87. The molecule has 1 amide bonds. The maximum absolute atomic E-state index is 13.0. The van der Waals surface area contributed by atoms with Crippen molar-refractivity contribution < 1.29 is 19.1 Å². The second-order valence-electron chi connectivity index (χ2n) is 5.65. The number of carbonyl (C=O) groups is 2. The van der Waals surface area contributed by atoms with E-state index in [4.69, 9.17) is 16.7 Å². The molecule has 6 heteroatoms. The summed E-state index contributed by atoms with van der Waals surface area (Å²) in [5.41, 5.74) is -0.0756. The summed E-state index contributed by atoms with van der Waals surface area (Å²) in [5, 5.41) is 11.5. The van der Waals surface area contributed by atoms with E-state index in [0.29, 0.717) is 5.56 Å². The molecule has 0 bridgehead atoms. The van der Waals surface area contributed by atoms with Gasteiger partial charge < -0.3 is 10.4 Å². The van der Waals surface area contributed by atoms with Crippen LogP contribution in [0.15, 0.2) is 24.3 Å². The molecule has 2 N–H and O–H groups in total. The molecule has 0 spiro atoms. The molecule has 1 unspecified atom stereocenters. The average molecular weight is 314 g/mol. The number of carboxylic acid groups (broad SMARTS) is 1. The van der Waals surface area contributed by atoms with E-state index in [1.807, 2.05) is 0 Å². The van der Waals surface area contributed by atoms with Crippen LogP contribution in [0.4, 0.5) is 4.39 Å². The van der Waals surface area contributed by atoms with Crippen molar-refractivity contribution >= 4 is 29.6 Å². The minimum atomic E-state index is -1.10. The Labute approximate surface area is 127 Å². The Hall–Kier alpha value is -1.88. The number of carboxylic acids is 1. The molecule has 1 aromatic rings. The van der Waals surface area contributed by atoms with Crippen molar-refractivity contribution in [2.24, 2.45) is 5.41 Å². The third-order valence-corrected chi connectivity index (χ3v) is 3.06. The molecule has 4 nitrogen and oxygen atoms in total. The first-order chi connectivity index (χ1) is 9.61. The van der Waals surface area contributed by atoms with Crippen LogP contribution >= 0.6 is 11.6 Å². The van der Waals surface area contributed by atoms with Crippen molar-refractivity contribution in [1.82, 2.24) is 5.32 Å². The Morgan fingerprint density at radius 3 is 2.48 bits per heavy atom. The summed E-state index contributed by atoms with van der Waals surface area (Å²) in [6.45, 7) is 5.15. The van der Waals surface area contributed by atoms with Gasteiger partial charge in [0.2, 0.25) is 5.91 Å². The minimum Gasteiger partial charge on any atom is -0.480 e. The zero-order chi connectivity index (χ0) is 16.2. The van der Waals surface area contributed by atoms with Crippen LogP contribution in [-0.4, -0.2) is 23.0 Å². The summed E-state index contributed by atoms with van der Waals surface area (Å²) in [4.78, 5) is 22.9. The van der Waals surface area contributed by atoms with Gasteiger partial charge in [0, 0.05) is 6.08 Å². The normalized spacial score (nSPS) is 13.2. The minimum absolute atomic E-state index is 0.0457. The third kappa shape index (κ3) is 5.19. The zero-order valence-electron chi connectivity index (χ0n) is 12.0. The van der Waals surface area contributed by atoms with Crippen molar-refractivity contribution in [2.75, 3.05) is 0 Å². The lowest BCUT2D eigenvalue weighted by Gasteiger charge is -2.27. The van der Waals surface area contributed by atoms with Gasteiger partial charge in [0.15, 0.2) is 0 Å². The molecule has 0 aromatic heterocycles. The molecule has 0 aliphatic carbocycles. The van der Waals surface area contributed by atoms with Crippen LogP contribution in [0.1, 0.15) is 26.3 Å². The average Bonchev–Trinajstić information content (AvgIpc) is 2.35. The molecule has 0 aliphatic rings. The van der Waals surface area contributed by atoms with Crippen LogP contribution in [-0.2, 0) is 9.59 Å². The third-order valence-electron chi connectivity index (χ3n) is 2.77. The molecule has 0 radical (unpaired) electrons. The Morgan fingerprint density at radius 2 is 2.00 bits per heavy atom. The standard InChI is InChI=1S/C15H17ClFNO3/c1-15(2,3)13(14(20)21)18-12(19)7-5-9-4-6-11(17)10(16)8-9/h4-8,13H,1-3H3,(H,18,19)(H,20,21)/b7-5+. The number of amides is 1. The van der Waals surface area contributed by atoms with Gasteiger partial charge in [0.25, 0.3) is 0 Å². The van der Waals surface area contributed by atoms with Gasteiger partial charge in [-0.3, -0.25) is 4.79 Å². The van der Waals surface area contributed by atoms with E-state index >= 15 is 0 Å². The molecule has 114 valence electrons. The first kappa shape index (κ1) is 17.2. The summed E-state index contributed by atoms with van der Waals surface area (Å²) >= 11 is 5.63. The second kappa shape index (κ2) is 6.72. The first-order valence-corrected chi connectivity index (χ1v) is 6.65. The van der Waals surface area contributed by atoms with Crippen LogP contribution in [0.25, 0.3) is 6.08 Å². The summed E-state index contributed by atoms with van der Waals surface area (Å²) < 4.78 is 13.0. The highest BCUT2D eigenvalue weighted by Gasteiger charge is 2.31. The van der Waals surface area contributed by atoms with E-state index in [1.54, 1.807) is 20.8 Å². The molecule has 1 rings (SSSR count). The van der Waals surface area contributed by atoms with Crippen molar-refractivity contribution in [3.8, 4) is 0 Å². The van der Waals surface area contributed by atoms with Gasteiger partial charge in [0.05, 0.1) is 5.02 Å². The molecule has 1 atom stereocenters. The van der Waals surface area contributed by atoms with Crippen LogP contribution in [0.5, 0.6) is 0 Å². The number of rotatable bonds is 4. The van der Waals surface area contributed by atoms with E-state index in [2.05, 4.69) is 5.32 Å².